The number of benzene rings is 1. The van der Waals surface area contributed by atoms with Crippen LogP contribution in [0.4, 0.5) is 0 Å². The van der Waals surface area contributed by atoms with Crippen LogP contribution in [0.15, 0.2) is 23.1 Å². The topological polar surface area (TPSA) is 105 Å². The summed E-state index contributed by atoms with van der Waals surface area (Å²) in [4.78, 5) is 27.8. The maximum Gasteiger partial charge on any atom is 0.254 e. The average Bonchev–Trinajstić information content (AvgIpc) is 2.79. The number of amides is 2. The summed E-state index contributed by atoms with van der Waals surface area (Å²) < 4.78 is 32.5. The van der Waals surface area contributed by atoms with Crippen molar-refractivity contribution in [2.45, 2.75) is 62.8 Å². The summed E-state index contributed by atoms with van der Waals surface area (Å²) in [7, 11) is -2.24. The monoisotopic (exact) mass is 465 g/mol. The Hall–Kier alpha value is -1.97. The van der Waals surface area contributed by atoms with Crippen molar-refractivity contribution < 1.29 is 22.7 Å². The molecule has 0 radical (unpaired) electrons. The highest BCUT2D eigenvalue weighted by atomic mass is 32.2. The number of nitrogens with one attached hydrogen (secondary N) is 2. The molecule has 0 bridgehead atoms. The van der Waals surface area contributed by atoms with Crippen molar-refractivity contribution in [2.24, 2.45) is 5.92 Å². The number of carbonyl (C=O) groups is 2. The van der Waals surface area contributed by atoms with Crippen LogP contribution in [0.5, 0.6) is 0 Å². The Morgan fingerprint density at radius 3 is 2.59 bits per heavy atom. The number of hydrogen-bond acceptors (Lipinski definition) is 5. The van der Waals surface area contributed by atoms with Crippen molar-refractivity contribution in [2.75, 3.05) is 33.4 Å². The molecule has 1 heterocycles. The smallest absolute Gasteiger partial charge is 0.254 e. The molecule has 2 N–H and O–H groups in total. The molecule has 1 saturated heterocycles. The number of likely N-dealkylation sites (tertiary alicyclic amines) is 1. The first-order valence-corrected chi connectivity index (χ1v) is 13.0. The number of nitrogens with zero attached hydrogens (tertiary/aromatic N) is 1. The van der Waals surface area contributed by atoms with Gasteiger partial charge in [-0.05, 0) is 50.3 Å². The van der Waals surface area contributed by atoms with E-state index in [1.807, 2.05) is 0 Å². The number of methoxy groups -OCH3 is 1. The first-order chi connectivity index (χ1) is 15.3. The van der Waals surface area contributed by atoms with Crippen LogP contribution in [-0.2, 0) is 19.6 Å². The molecule has 32 heavy (non-hydrogen) atoms. The van der Waals surface area contributed by atoms with Gasteiger partial charge in [-0.25, -0.2) is 13.1 Å². The third-order valence-electron chi connectivity index (χ3n) is 6.38. The predicted octanol–water partition coefficient (Wildman–Crippen LogP) is 2.22. The summed E-state index contributed by atoms with van der Waals surface area (Å²) in [6.07, 6.45) is 7.11. The minimum atomic E-state index is -3.74. The van der Waals surface area contributed by atoms with Gasteiger partial charge < -0.3 is 15.0 Å². The van der Waals surface area contributed by atoms with Crippen LogP contribution in [0.1, 0.15) is 60.9 Å². The lowest BCUT2D eigenvalue weighted by Gasteiger charge is -2.34. The van der Waals surface area contributed by atoms with Crippen molar-refractivity contribution in [1.29, 1.82) is 0 Å². The minimum absolute atomic E-state index is 0.0322. The number of aryl methyl sites for hydroxylation is 1. The SMILES string of the molecule is COCCNS(=O)(=O)c1ccc(C)c(C(=O)N2CCCC(C(=O)NC3CCCCC3)C2)c1. The molecule has 1 aliphatic carbocycles. The summed E-state index contributed by atoms with van der Waals surface area (Å²) in [6.45, 7) is 3.13. The molecule has 1 saturated carbocycles. The summed E-state index contributed by atoms with van der Waals surface area (Å²) >= 11 is 0. The zero-order valence-electron chi connectivity index (χ0n) is 19.1. The Balaban J connectivity index is 1.68. The van der Waals surface area contributed by atoms with E-state index >= 15 is 0 Å². The second-order valence-corrected chi connectivity index (χ2v) is 10.6. The van der Waals surface area contributed by atoms with E-state index in [4.69, 9.17) is 4.74 Å². The van der Waals surface area contributed by atoms with Crippen LogP contribution < -0.4 is 10.0 Å². The second-order valence-electron chi connectivity index (χ2n) is 8.80. The molecule has 2 amide bonds. The number of hydrogen-bond donors (Lipinski definition) is 2. The van der Waals surface area contributed by atoms with E-state index in [1.165, 1.54) is 25.7 Å². The lowest BCUT2D eigenvalue weighted by molar-refractivity contribution is -0.127. The van der Waals surface area contributed by atoms with Gasteiger partial charge in [0.2, 0.25) is 15.9 Å². The Morgan fingerprint density at radius 1 is 1.12 bits per heavy atom. The molecule has 1 aliphatic heterocycles. The number of piperidine rings is 1. The van der Waals surface area contributed by atoms with E-state index in [9.17, 15) is 18.0 Å². The molecule has 8 nitrogen and oxygen atoms in total. The number of sulfonamides is 1. The van der Waals surface area contributed by atoms with Gasteiger partial charge in [-0.2, -0.15) is 0 Å². The number of rotatable bonds is 8. The quantitative estimate of drug-likeness (QED) is 0.573. The largest absolute Gasteiger partial charge is 0.383 e. The zero-order valence-corrected chi connectivity index (χ0v) is 19.9. The lowest BCUT2D eigenvalue weighted by Crippen LogP contribution is -2.48. The fourth-order valence-corrected chi connectivity index (χ4v) is 5.51. The Bertz CT molecular complexity index is 912. The molecule has 1 unspecified atom stereocenters. The molecule has 178 valence electrons. The normalized spacial score (nSPS) is 20.2. The summed E-state index contributed by atoms with van der Waals surface area (Å²) in [5.74, 6) is -0.422. The third-order valence-corrected chi connectivity index (χ3v) is 7.84. The second kappa shape index (κ2) is 11.2. The van der Waals surface area contributed by atoms with Crippen molar-refractivity contribution in [1.82, 2.24) is 14.9 Å². The van der Waals surface area contributed by atoms with Crippen LogP contribution in [0.3, 0.4) is 0 Å². The van der Waals surface area contributed by atoms with Gasteiger partial charge in [-0.3, -0.25) is 9.59 Å². The summed E-state index contributed by atoms with van der Waals surface area (Å²) in [5.41, 5.74) is 1.06. The maximum absolute atomic E-state index is 13.3. The van der Waals surface area contributed by atoms with Gasteiger partial charge in [0.05, 0.1) is 17.4 Å². The van der Waals surface area contributed by atoms with Gasteiger partial charge in [0.1, 0.15) is 0 Å². The predicted molar refractivity (Wildman–Crippen MR) is 122 cm³/mol. The van der Waals surface area contributed by atoms with Gasteiger partial charge in [0.25, 0.3) is 5.91 Å². The molecule has 0 aromatic heterocycles. The van der Waals surface area contributed by atoms with Crippen LogP contribution >= 0.6 is 0 Å². The lowest BCUT2D eigenvalue weighted by atomic mass is 9.92. The zero-order chi connectivity index (χ0) is 23.1. The highest BCUT2D eigenvalue weighted by Crippen LogP contribution is 2.24. The molecule has 2 fully saturated rings. The van der Waals surface area contributed by atoms with Gasteiger partial charge in [-0.1, -0.05) is 25.3 Å². The van der Waals surface area contributed by atoms with Crippen LogP contribution in [0, 0.1) is 12.8 Å². The first-order valence-electron chi connectivity index (χ1n) is 11.5. The van der Waals surface area contributed by atoms with Gasteiger partial charge in [0.15, 0.2) is 0 Å². The number of carbonyl (C=O) groups excluding carboxylic acids is 2. The van der Waals surface area contributed by atoms with E-state index < -0.39 is 10.0 Å². The molecule has 1 aromatic rings. The molecular formula is C23H35N3O5S. The summed E-state index contributed by atoms with van der Waals surface area (Å²) in [5, 5.41) is 3.18. The van der Waals surface area contributed by atoms with Crippen LogP contribution in [-0.4, -0.2) is 64.5 Å². The first kappa shape index (κ1) is 24.7. The number of ether oxygens (including phenoxy) is 1. The molecule has 3 rings (SSSR count). The Labute approximate surface area is 191 Å². The molecule has 2 aliphatic rings. The van der Waals surface area contributed by atoms with Crippen molar-refractivity contribution in [3.05, 3.63) is 29.3 Å². The van der Waals surface area contributed by atoms with Crippen LogP contribution in [0.25, 0.3) is 0 Å². The molecular weight excluding hydrogens is 430 g/mol. The van der Waals surface area contributed by atoms with E-state index in [0.717, 1.165) is 38.5 Å². The van der Waals surface area contributed by atoms with Crippen molar-refractivity contribution >= 4 is 21.8 Å². The maximum atomic E-state index is 13.3. The van der Waals surface area contributed by atoms with Crippen LogP contribution in [0.2, 0.25) is 0 Å². The minimum Gasteiger partial charge on any atom is -0.383 e. The fourth-order valence-electron chi connectivity index (χ4n) is 4.47. The van der Waals surface area contributed by atoms with E-state index in [2.05, 4.69) is 10.0 Å². The highest BCUT2D eigenvalue weighted by Gasteiger charge is 2.31. The van der Waals surface area contributed by atoms with Gasteiger partial charge in [-0.15, -0.1) is 0 Å². The molecule has 9 heteroatoms. The standard InChI is InChI=1S/C23H35N3O5S/c1-17-10-11-20(32(29,30)24-12-14-31-2)15-21(17)23(28)26-13-6-7-18(16-26)22(27)25-19-8-4-3-5-9-19/h10-11,15,18-19,24H,3-9,12-14,16H2,1-2H3,(H,25,27). The Kier molecular flexibility index (Phi) is 8.67. The molecule has 0 spiro atoms. The van der Waals surface area contributed by atoms with E-state index in [-0.39, 0.29) is 41.8 Å². The molecule has 1 atom stereocenters. The average molecular weight is 466 g/mol. The summed E-state index contributed by atoms with van der Waals surface area (Å²) in [6, 6.07) is 4.82. The van der Waals surface area contributed by atoms with Gasteiger partial charge in [0, 0.05) is 38.3 Å². The molecule has 1 aromatic carbocycles. The van der Waals surface area contributed by atoms with Gasteiger partial charge >= 0.3 is 0 Å². The Morgan fingerprint density at radius 2 is 1.88 bits per heavy atom. The van der Waals surface area contributed by atoms with Crippen molar-refractivity contribution in [3.63, 3.8) is 0 Å². The third kappa shape index (κ3) is 6.30. The van der Waals surface area contributed by atoms with E-state index in [0.29, 0.717) is 24.2 Å². The fraction of sp³-hybridized carbons (Fsp3) is 0.652. The highest BCUT2D eigenvalue weighted by molar-refractivity contribution is 7.89. The van der Waals surface area contributed by atoms with Crippen molar-refractivity contribution in [3.8, 4) is 0 Å². The van der Waals surface area contributed by atoms with E-state index in [1.54, 1.807) is 17.9 Å².